The summed E-state index contributed by atoms with van der Waals surface area (Å²) < 4.78 is 10.7. The molecule has 1 N–H and O–H groups in total. The first-order valence-corrected chi connectivity index (χ1v) is 6.45. The Kier molecular flexibility index (Phi) is 5.01. The number of carbonyl (C=O) groups is 1. The molecule has 19 heavy (non-hydrogen) atoms. The van der Waals surface area contributed by atoms with Gasteiger partial charge < -0.3 is 19.5 Å². The standard InChI is InChI=1S/C13H16ClNO4/c14-10-1-3-11(4-2-10)19-9-13(17)15-5-6-18-12(7-15)8-16/h1-4,12,16H,5-9H2. The molecule has 1 heterocycles. The quantitative estimate of drug-likeness (QED) is 0.894. The van der Waals surface area contributed by atoms with Gasteiger partial charge in [0, 0.05) is 18.1 Å². The highest BCUT2D eigenvalue weighted by molar-refractivity contribution is 6.30. The van der Waals surface area contributed by atoms with Crippen molar-refractivity contribution in [1.29, 1.82) is 0 Å². The second-order valence-corrected chi connectivity index (χ2v) is 4.69. The van der Waals surface area contributed by atoms with Crippen molar-refractivity contribution in [2.24, 2.45) is 0 Å². The van der Waals surface area contributed by atoms with Crippen molar-refractivity contribution in [3.8, 4) is 5.75 Å². The first kappa shape index (κ1) is 14.1. The fraction of sp³-hybridized carbons (Fsp3) is 0.462. The van der Waals surface area contributed by atoms with E-state index in [1.54, 1.807) is 29.2 Å². The first-order valence-electron chi connectivity index (χ1n) is 6.07. The summed E-state index contributed by atoms with van der Waals surface area (Å²) >= 11 is 5.76. The minimum atomic E-state index is -0.298. The molecule has 1 unspecified atom stereocenters. The van der Waals surface area contributed by atoms with Crippen LogP contribution in [0.4, 0.5) is 0 Å². The van der Waals surface area contributed by atoms with E-state index in [9.17, 15) is 4.79 Å². The summed E-state index contributed by atoms with van der Waals surface area (Å²) in [4.78, 5) is 13.6. The minimum Gasteiger partial charge on any atom is -0.484 e. The maximum Gasteiger partial charge on any atom is 0.260 e. The van der Waals surface area contributed by atoms with E-state index < -0.39 is 0 Å². The predicted octanol–water partition coefficient (Wildman–Crippen LogP) is 0.938. The molecule has 0 radical (unpaired) electrons. The molecule has 5 nitrogen and oxygen atoms in total. The van der Waals surface area contributed by atoms with Crippen LogP contribution >= 0.6 is 11.6 Å². The van der Waals surface area contributed by atoms with Crippen LogP contribution in [0.1, 0.15) is 0 Å². The molecule has 1 aliphatic heterocycles. The van der Waals surface area contributed by atoms with E-state index in [0.717, 1.165) is 0 Å². The van der Waals surface area contributed by atoms with E-state index >= 15 is 0 Å². The Balaban J connectivity index is 1.82. The fourth-order valence-electron chi connectivity index (χ4n) is 1.82. The molecule has 1 atom stereocenters. The average molecular weight is 286 g/mol. The topological polar surface area (TPSA) is 59.0 Å². The number of amides is 1. The third kappa shape index (κ3) is 4.09. The molecule has 1 aromatic carbocycles. The molecule has 0 saturated carbocycles. The summed E-state index contributed by atoms with van der Waals surface area (Å²) in [7, 11) is 0. The molecular weight excluding hydrogens is 270 g/mol. The van der Waals surface area contributed by atoms with Crippen molar-refractivity contribution < 1.29 is 19.4 Å². The van der Waals surface area contributed by atoms with Crippen LogP contribution in [-0.4, -0.2) is 54.9 Å². The number of morpholine rings is 1. The van der Waals surface area contributed by atoms with Crippen LogP contribution in [0.5, 0.6) is 5.75 Å². The van der Waals surface area contributed by atoms with Gasteiger partial charge >= 0.3 is 0 Å². The van der Waals surface area contributed by atoms with E-state index in [-0.39, 0.29) is 25.2 Å². The van der Waals surface area contributed by atoms with Crippen LogP contribution in [0, 0.1) is 0 Å². The molecule has 1 fully saturated rings. The minimum absolute atomic E-state index is 0.0280. The molecule has 6 heteroatoms. The van der Waals surface area contributed by atoms with Gasteiger partial charge in [0.15, 0.2) is 6.61 Å². The summed E-state index contributed by atoms with van der Waals surface area (Å²) in [5.74, 6) is 0.487. The predicted molar refractivity (Wildman–Crippen MR) is 70.4 cm³/mol. The van der Waals surface area contributed by atoms with E-state index in [1.807, 2.05) is 0 Å². The van der Waals surface area contributed by atoms with Gasteiger partial charge in [-0.05, 0) is 24.3 Å². The van der Waals surface area contributed by atoms with Crippen LogP contribution in [0.25, 0.3) is 0 Å². The number of aliphatic hydroxyl groups excluding tert-OH is 1. The zero-order valence-electron chi connectivity index (χ0n) is 10.4. The van der Waals surface area contributed by atoms with E-state index in [0.29, 0.717) is 30.5 Å². The van der Waals surface area contributed by atoms with Crippen molar-refractivity contribution in [3.63, 3.8) is 0 Å². The Morgan fingerprint density at radius 3 is 2.89 bits per heavy atom. The smallest absolute Gasteiger partial charge is 0.260 e. The molecule has 2 rings (SSSR count). The number of carbonyl (C=O) groups excluding carboxylic acids is 1. The third-order valence-electron chi connectivity index (χ3n) is 2.87. The summed E-state index contributed by atoms with van der Waals surface area (Å²) in [6.45, 7) is 1.26. The van der Waals surface area contributed by atoms with E-state index in [2.05, 4.69) is 0 Å². The van der Waals surface area contributed by atoms with Crippen molar-refractivity contribution in [3.05, 3.63) is 29.3 Å². The summed E-state index contributed by atoms with van der Waals surface area (Å²) in [5, 5.41) is 9.64. The van der Waals surface area contributed by atoms with Crippen molar-refractivity contribution in [1.82, 2.24) is 4.90 Å². The monoisotopic (exact) mass is 285 g/mol. The number of hydrogen-bond donors (Lipinski definition) is 1. The van der Waals surface area contributed by atoms with Gasteiger partial charge in [0.1, 0.15) is 5.75 Å². The number of rotatable bonds is 4. The lowest BCUT2D eigenvalue weighted by Crippen LogP contribution is -2.48. The van der Waals surface area contributed by atoms with Gasteiger partial charge in [-0.1, -0.05) is 11.6 Å². The Hall–Kier alpha value is -1.30. The second kappa shape index (κ2) is 6.75. The lowest BCUT2D eigenvalue weighted by atomic mass is 10.3. The van der Waals surface area contributed by atoms with E-state index in [4.69, 9.17) is 26.2 Å². The molecule has 1 amide bonds. The molecule has 0 aliphatic carbocycles. The molecule has 0 bridgehead atoms. The lowest BCUT2D eigenvalue weighted by Gasteiger charge is -2.31. The second-order valence-electron chi connectivity index (χ2n) is 4.26. The highest BCUT2D eigenvalue weighted by Gasteiger charge is 2.23. The third-order valence-corrected chi connectivity index (χ3v) is 3.12. The number of aliphatic hydroxyl groups is 1. The Labute approximate surface area is 116 Å². The molecule has 1 aromatic rings. The van der Waals surface area contributed by atoms with E-state index in [1.165, 1.54) is 0 Å². The van der Waals surface area contributed by atoms with Gasteiger partial charge in [0.05, 0.1) is 19.3 Å². The maximum absolute atomic E-state index is 11.9. The van der Waals surface area contributed by atoms with Crippen LogP contribution < -0.4 is 4.74 Å². The SMILES string of the molecule is O=C(COc1ccc(Cl)cc1)N1CCOC(CO)C1. The van der Waals surface area contributed by atoms with Crippen LogP contribution in [-0.2, 0) is 9.53 Å². The largest absolute Gasteiger partial charge is 0.484 e. The average Bonchev–Trinajstić information content (AvgIpc) is 2.46. The summed E-state index contributed by atoms with van der Waals surface area (Å²) in [5.41, 5.74) is 0. The first-order chi connectivity index (χ1) is 9.19. The van der Waals surface area contributed by atoms with Crippen LogP contribution in [0.15, 0.2) is 24.3 Å². The molecular formula is C13H16ClNO4. The normalized spacial score (nSPS) is 19.3. The van der Waals surface area contributed by atoms with Gasteiger partial charge in [0.2, 0.25) is 0 Å². The van der Waals surface area contributed by atoms with Gasteiger partial charge in [-0.2, -0.15) is 0 Å². The Morgan fingerprint density at radius 1 is 1.47 bits per heavy atom. The number of hydrogen-bond acceptors (Lipinski definition) is 4. The number of halogens is 1. The zero-order chi connectivity index (χ0) is 13.7. The van der Waals surface area contributed by atoms with Crippen molar-refractivity contribution in [2.75, 3.05) is 32.9 Å². The molecule has 1 saturated heterocycles. The van der Waals surface area contributed by atoms with Crippen molar-refractivity contribution >= 4 is 17.5 Å². The van der Waals surface area contributed by atoms with Gasteiger partial charge in [-0.3, -0.25) is 4.79 Å². The molecule has 1 aliphatic rings. The number of nitrogens with zero attached hydrogens (tertiary/aromatic N) is 1. The summed E-state index contributed by atoms with van der Waals surface area (Å²) in [6.07, 6.45) is -0.298. The molecule has 0 aromatic heterocycles. The number of ether oxygens (including phenoxy) is 2. The lowest BCUT2D eigenvalue weighted by molar-refractivity contribution is -0.142. The molecule has 104 valence electrons. The van der Waals surface area contributed by atoms with Crippen molar-refractivity contribution in [2.45, 2.75) is 6.10 Å². The van der Waals surface area contributed by atoms with Gasteiger partial charge in [-0.15, -0.1) is 0 Å². The maximum atomic E-state index is 11.9. The Bertz CT molecular complexity index is 423. The summed E-state index contributed by atoms with van der Waals surface area (Å²) in [6, 6.07) is 6.84. The van der Waals surface area contributed by atoms with Gasteiger partial charge in [-0.25, -0.2) is 0 Å². The van der Waals surface area contributed by atoms with Gasteiger partial charge in [0.25, 0.3) is 5.91 Å². The fourth-order valence-corrected chi connectivity index (χ4v) is 1.95. The highest BCUT2D eigenvalue weighted by Crippen LogP contribution is 2.15. The molecule has 0 spiro atoms. The van der Waals surface area contributed by atoms with Crippen LogP contribution in [0.2, 0.25) is 5.02 Å². The van der Waals surface area contributed by atoms with Crippen LogP contribution in [0.3, 0.4) is 0 Å². The number of benzene rings is 1. The zero-order valence-corrected chi connectivity index (χ0v) is 11.2. The Morgan fingerprint density at radius 2 is 2.21 bits per heavy atom. The highest BCUT2D eigenvalue weighted by atomic mass is 35.5.